The highest BCUT2D eigenvalue weighted by Crippen LogP contribution is 2.15. The molecule has 0 aromatic heterocycles. The highest BCUT2D eigenvalue weighted by molar-refractivity contribution is 7.91. The molecule has 1 aliphatic rings. The van der Waals surface area contributed by atoms with Gasteiger partial charge in [0.05, 0.1) is 24.7 Å². The van der Waals surface area contributed by atoms with E-state index in [1.54, 1.807) is 7.11 Å². The van der Waals surface area contributed by atoms with Crippen molar-refractivity contribution in [3.05, 3.63) is 29.8 Å². The van der Waals surface area contributed by atoms with Gasteiger partial charge < -0.3 is 10.1 Å². The molecule has 1 saturated heterocycles. The lowest BCUT2D eigenvalue weighted by Crippen LogP contribution is -2.47. The fraction of sp³-hybridized carbons (Fsp3) is 0.562. The van der Waals surface area contributed by atoms with Crippen molar-refractivity contribution in [3.8, 4) is 5.75 Å². The Bertz CT molecular complexity index is 643. The van der Waals surface area contributed by atoms with E-state index in [9.17, 15) is 13.2 Å². The van der Waals surface area contributed by atoms with E-state index in [0.29, 0.717) is 13.0 Å². The molecule has 1 fully saturated rings. The van der Waals surface area contributed by atoms with Crippen molar-refractivity contribution < 1.29 is 17.9 Å². The Morgan fingerprint density at radius 2 is 2.04 bits per heavy atom. The van der Waals surface area contributed by atoms with Gasteiger partial charge in [0.1, 0.15) is 5.75 Å². The third-order valence-corrected chi connectivity index (χ3v) is 5.98. The van der Waals surface area contributed by atoms with E-state index in [0.717, 1.165) is 11.3 Å². The maximum absolute atomic E-state index is 12.3. The summed E-state index contributed by atoms with van der Waals surface area (Å²) in [7, 11) is 0.514. The summed E-state index contributed by atoms with van der Waals surface area (Å²) in [6.07, 6.45) is 0.503. The number of carbonyl (C=O) groups is 1. The minimum absolute atomic E-state index is 0.0493. The number of nitrogens with zero attached hydrogens (tertiary/aromatic N) is 1. The molecule has 0 saturated carbocycles. The average Bonchev–Trinajstić information content (AvgIpc) is 2.85. The Morgan fingerprint density at radius 1 is 1.39 bits per heavy atom. The smallest absolute Gasteiger partial charge is 0.237 e. The van der Waals surface area contributed by atoms with E-state index in [1.165, 1.54) is 0 Å². The first-order valence-corrected chi connectivity index (χ1v) is 9.47. The molecule has 0 radical (unpaired) electrons. The normalized spacial score (nSPS) is 21.1. The van der Waals surface area contributed by atoms with E-state index >= 15 is 0 Å². The Kier molecular flexibility index (Phi) is 5.64. The Labute approximate surface area is 137 Å². The van der Waals surface area contributed by atoms with Crippen LogP contribution in [0.2, 0.25) is 0 Å². The third kappa shape index (κ3) is 4.94. The van der Waals surface area contributed by atoms with Gasteiger partial charge in [-0.2, -0.15) is 0 Å². The van der Waals surface area contributed by atoms with Crippen LogP contribution in [0.25, 0.3) is 0 Å². The summed E-state index contributed by atoms with van der Waals surface area (Å²) in [4.78, 5) is 14.2. The molecule has 1 aromatic carbocycles. The molecule has 0 bridgehead atoms. The second-order valence-corrected chi connectivity index (χ2v) is 8.28. The lowest BCUT2D eigenvalue weighted by molar-refractivity contribution is -0.126. The van der Waals surface area contributed by atoms with Crippen LogP contribution in [0.4, 0.5) is 0 Å². The predicted octanol–water partition coefficient (Wildman–Crippen LogP) is 0.819. The largest absolute Gasteiger partial charge is 0.497 e. The number of nitrogens with one attached hydrogen (secondary N) is 1. The number of hydrogen-bond acceptors (Lipinski definition) is 5. The second kappa shape index (κ2) is 7.31. The molecule has 0 aliphatic carbocycles. The van der Waals surface area contributed by atoms with Crippen molar-refractivity contribution in [2.24, 2.45) is 0 Å². The average molecular weight is 340 g/mol. The van der Waals surface area contributed by atoms with Crippen molar-refractivity contribution in [3.63, 3.8) is 0 Å². The van der Waals surface area contributed by atoms with Gasteiger partial charge in [-0.05, 0) is 38.1 Å². The molecule has 2 atom stereocenters. The molecule has 0 unspecified atom stereocenters. The highest BCUT2D eigenvalue weighted by atomic mass is 32.2. The van der Waals surface area contributed by atoms with Crippen LogP contribution in [-0.2, 0) is 21.2 Å². The Hall–Kier alpha value is -1.60. The number of rotatable bonds is 6. The van der Waals surface area contributed by atoms with Crippen LogP contribution in [0.15, 0.2) is 24.3 Å². The van der Waals surface area contributed by atoms with Gasteiger partial charge in [0.2, 0.25) is 5.91 Å². The van der Waals surface area contributed by atoms with Gasteiger partial charge in [0, 0.05) is 12.6 Å². The molecule has 1 heterocycles. The number of carbonyl (C=O) groups excluding carboxylic acids is 1. The van der Waals surface area contributed by atoms with Gasteiger partial charge in [0.25, 0.3) is 0 Å². The molecule has 6 nitrogen and oxygen atoms in total. The van der Waals surface area contributed by atoms with Crippen molar-refractivity contribution in [2.75, 3.05) is 25.7 Å². The fourth-order valence-corrected chi connectivity index (χ4v) is 4.26. The molecule has 0 spiro atoms. The number of methoxy groups -OCH3 is 1. The van der Waals surface area contributed by atoms with Crippen molar-refractivity contribution in [1.82, 2.24) is 10.2 Å². The van der Waals surface area contributed by atoms with E-state index in [1.807, 2.05) is 43.1 Å². The molecule has 1 amide bonds. The first-order chi connectivity index (χ1) is 10.8. The standard InChI is InChI=1S/C16H24N2O4S/c1-12(16(19)17-14-8-9-23(20,21)11-14)18(2)10-13-4-6-15(22-3)7-5-13/h4-7,12,14H,8-11H2,1-3H3,(H,17,19)/t12-,14-/m0/s1. The minimum atomic E-state index is -2.98. The highest BCUT2D eigenvalue weighted by Gasteiger charge is 2.30. The van der Waals surface area contributed by atoms with Crippen LogP contribution >= 0.6 is 0 Å². The summed E-state index contributed by atoms with van der Waals surface area (Å²) in [6.45, 7) is 2.45. The molecule has 7 heteroatoms. The van der Waals surface area contributed by atoms with Crippen molar-refractivity contribution in [2.45, 2.75) is 32.0 Å². The summed E-state index contributed by atoms with van der Waals surface area (Å²) in [5.74, 6) is 0.870. The molecule has 2 rings (SSSR count). The summed E-state index contributed by atoms with van der Waals surface area (Å²) in [5.41, 5.74) is 1.08. The number of ether oxygens (including phenoxy) is 1. The number of benzene rings is 1. The van der Waals surface area contributed by atoms with Crippen LogP contribution in [0, 0.1) is 0 Å². The molecular formula is C16H24N2O4S. The van der Waals surface area contributed by atoms with E-state index in [2.05, 4.69) is 5.32 Å². The van der Waals surface area contributed by atoms with Gasteiger partial charge in [-0.1, -0.05) is 12.1 Å². The zero-order valence-electron chi connectivity index (χ0n) is 13.8. The number of likely N-dealkylation sites (N-methyl/N-ethyl adjacent to an activating group) is 1. The van der Waals surface area contributed by atoms with Gasteiger partial charge >= 0.3 is 0 Å². The first-order valence-electron chi connectivity index (χ1n) is 7.64. The zero-order valence-corrected chi connectivity index (χ0v) is 14.6. The number of sulfone groups is 1. The first kappa shape index (κ1) is 17.7. The van der Waals surface area contributed by atoms with Crippen molar-refractivity contribution in [1.29, 1.82) is 0 Å². The Morgan fingerprint density at radius 3 is 2.57 bits per heavy atom. The quantitative estimate of drug-likeness (QED) is 0.830. The number of amides is 1. The summed E-state index contributed by atoms with van der Waals surface area (Å²) in [6, 6.07) is 7.10. The second-order valence-electron chi connectivity index (χ2n) is 6.05. The molecule has 1 N–H and O–H groups in total. The van der Waals surface area contributed by atoms with Gasteiger partial charge in [-0.15, -0.1) is 0 Å². The van der Waals surface area contributed by atoms with Gasteiger partial charge in [-0.3, -0.25) is 9.69 Å². The molecule has 1 aliphatic heterocycles. The maximum atomic E-state index is 12.3. The summed E-state index contributed by atoms with van der Waals surface area (Å²) < 4.78 is 28.0. The zero-order chi connectivity index (χ0) is 17.0. The fourth-order valence-electron chi connectivity index (χ4n) is 2.59. The lowest BCUT2D eigenvalue weighted by atomic mass is 10.1. The van der Waals surface area contributed by atoms with Gasteiger partial charge in [0.15, 0.2) is 9.84 Å². The molecular weight excluding hydrogens is 316 g/mol. The van der Waals surface area contributed by atoms with Crippen LogP contribution in [0.5, 0.6) is 5.75 Å². The topological polar surface area (TPSA) is 75.7 Å². The Balaban J connectivity index is 1.88. The predicted molar refractivity (Wildman–Crippen MR) is 89.1 cm³/mol. The van der Waals surface area contributed by atoms with Crippen LogP contribution in [0.1, 0.15) is 18.9 Å². The van der Waals surface area contributed by atoms with Crippen LogP contribution in [-0.4, -0.2) is 57.0 Å². The molecule has 1 aromatic rings. The van der Waals surface area contributed by atoms with Crippen molar-refractivity contribution >= 4 is 15.7 Å². The van der Waals surface area contributed by atoms with Crippen LogP contribution < -0.4 is 10.1 Å². The monoisotopic (exact) mass is 340 g/mol. The van der Waals surface area contributed by atoms with Crippen LogP contribution in [0.3, 0.4) is 0 Å². The lowest BCUT2D eigenvalue weighted by Gasteiger charge is -2.25. The number of hydrogen-bond donors (Lipinski definition) is 1. The van der Waals surface area contributed by atoms with Gasteiger partial charge in [-0.25, -0.2) is 8.42 Å². The molecule has 128 valence electrons. The van der Waals surface area contributed by atoms with E-state index in [-0.39, 0.29) is 29.5 Å². The third-order valence-electron chi connectivity index (χ3n) is 4.21. The minimum Gasteiger partial charge on any atom is -0.497 e. The maximum Gasteiger partial charge on any atom is 0.237 e. The van der Waals surface area contributed by atoms with E-state index in [4.69, 9.17) is 4.74 Å². The SMILES string of the molecule is COc1ccc(CN(C)[C@@H](C)C(=O)N[C@H]2CCS(=O)(=O)C2)cc1. The molecule has 23 heavy (non-hydrogen) atoms. The summed E-state index contributed by atoms with van der Waals surface area (Å²) in [5, 5.41) is 2.84. The van der Waals surface area contributed by atoms with E-state index < -0.39 is 9.84 Å². The summed E-state index contributed by atoms with van der Waals surface area (Å²) >= 11 is 0.